The summed E-state index contributed by atoms with van der Waals surface area (Å²) in [5.74, 6) is -2.56. The van der Waals surface area contributed by atoms with Crippen LogP contribution in [0.2, 0.25) is 0 Å². The summed E-state index contributed by atoms with van der Waals surface area (Å²) in [5.41, 5.74) is -0.502. The maximum Gasteiger partial charge on any atom is 0.274 e. The zero-order valence-electron chi connectivity index (χ0n) is 13.7. The molecule has 2 amide bonds. The van der Waals surface area contributed by atoms with E-state index in [9.17, 15) is 23.2 Å². The number of benzene rings is 1. The lowest BCUT2D eigenvalue weighted by Gasteiger charge is -2.22. The number of halogens is 2. The van der Waals surface area contributed by atoms with E-state index < -0.39 is 23.1 Å². The van der Waals surface area contributed by atoms with Crippen LogP contribution in [0.4, 0.5) is 8.78 Å². The second-order valence-electron chi connectivity index (χ2n) is 5.87. The van der Waals surface area contributed by atoms with Crippen molar-refractivity contribution in [2.45, 2.75) is 6.42 Å². The standard InChI is InChI=1S/C17H16F2N4O3/c18-11-2-3-12(13(19)10-11)16(25)22-6-1-7-23(9-8-22)17(26)14-4-5-15(24)21-20-14/h2-5,10H,1,6-9H2,(H,21,24). The Hall–Kier alpha value is -3.10. The van der Waals surface area contributed by atoms with Gasteiger partial charge in [-0.05, 0) is 24.6 Å². The maximum atomic E-state index is 13.8. The van der Waals surface area contributed by atoms with Crippen LogP contribution in [-0.2, 0) is 0 Å². The summed E-state index contributed by atoms with van der Waals surface area (Å²) < 4.78 is 26.8. The minimum Gasteiger partial charge on any atom is -0.337 e. The Bertz CT molecular complexity index is 879. The Morgan fingerprint density at radius 3 is 2.27 bits per heavy atom. The molecule has 1 aromatic heterocycles. The lowest BCUT2D eigenvalue weighted by molar-refractivity contribution is 0.0712. The molecule has 0 spiro atoms. The van der Waals surface area contributed by atoms with Crippen LogP contribution < -0.4 is 5.56 Å². The molecule has 0 saturated carbocycles. The predicted molar refractivity (Wildman–Crippen MR) is 87.6 cm³/mol. The molecule has 9 heteroatoms. The fourth-order valence-electron chi connectivity index (χ4n) is 2.78. The van der Waals surface area contributed by atoms with Crippen molar-refractivity contribution in [1.82, 2.24) is 20.0 Å². The normalized spacial score (nSPS) is 14.8. The van der Waals surface area contributed by atoms with Gasteiger partial charge < -0.3 is 9.80 Å². The van der Waals surface area contributed by atoms with E-state index in [4.69, 9.17) is 0 Å². The minimum absolute atomic E-state index is 0.106. The Labute approximate surface area is 147 Å². The Morgan fingerprint density at radius 1 is 0.962 bits per heavy atom. The largest absolute Gasteiger partial charge is 0.337 e. The van der Waals surface area contributed by atoms with E-state index in [-0.39, 0.29) is 30.3 Å². The Balaban J connectivity index is 1.69. The number of aromatic nitrogens is 2. The fourth-order valence-corrected chi connectivity index (χ4v) is 2.78. The molecular formula is C17H16F2N4O3. The summed E-state index contributed by atoms with van der Waals surface area (Å²) in [6, 6.07) is 5.37. The number of carbonyl (C=O) groups excluding carboxylic acids is 2. The van der Waals surface area contributed by atoms with E-state index in [0.717, 1.165) is 12.1 Å². The lowest BCUT2D eigenvalue weighted by Crippen LogP contribution is -2.38. The average molecular weight is 362 g/mol. The van der Waals surface area contributed by atoms with Gasteiger partial charge in [-0.3, -0.25) is 14.4 Å². The minimum atomic E-state index is -0.912. The van der Waals surface area contributed by atoms with Gasteiger partial charge in [0.15, 0.2) is 0 Å². The van der Waals surface area contributed by atoms with Crippen molar-refractivity contribution in [3.05, 3.63) is 63.6 Å². The molecule has 136 valence electrons. The number of nitrogens with one attached hydrogen (secondary N) is 1. The summed E-state index contributed by atoms with van der Waals surface area (Å²) in [7, 11) is 0. The van der Waals surface area contributed by atoms with Gasteiger partial charge in [-0.15, -0.1) is 0 Å². The third kappa shape index (κ3) is 3.76. The van der Waals surface area contributed by atoms with E-state index in [2.05, 4.69) is 10.2 Å². The molecule has 0 radical (unpaired) electrons. The number of H-pyrrole nitrogens is 1. The van der Waals surface area contributed by atoms with Gasteiger partial charge in [0, 0.05) is 38.3 Å². The predicted octanol–water partition coefficient (Wildman–Crippen LogP) is 1.04. The van der Waals surface area contributed by atoms with Crippen molar-refractivity contribution in [1.29, 1.82) is 0 Å². The van der Waals surface area contributed by atoms with Crippen molar-refractivity contribution >= 4 is 11.8 Å². The number of carbonyl (C=O) groups is 2. The molecule has 0 aliphatic carbocycles. The second kappa shape index (κ2) is 7.42. The molecule has 2 aromatic rings. The van der Waals surface area contributed by atoms with Gasteiger partial charge in [-0.25, -0.2) is 13.9 Å². The van der Waals surface area contributed by atoms with Gasteiger partial charge in [0.1, 0.15) is 17.3 Å². The van der Waals surface area contributed by atoms with E-state index in [1.807, 2.05) is 0 Å². The first kappa shape index (κ1) is 17.7. The van der Waals surface area contributed by atoms with Crippen molar-refractivity contribution in [2.75, 3.05) is 26.2 Å². The number of rotatable bonds is 2. The summed E-state index contributed by atoms with van der Waals surface area (Å²) in [6.07, 6.45) is 0.504. The summed E-state index contributed by atoms with van der Waals surface area (Å²) in [4.78, 5) is 38.9. The Kier molecular flexibility index (Phi) is 5.06. The molecule has 1 aliphatic heterocycles. The van der Waals surface area contributed by atoms with E-state index in [0.29, 0.717) is 25.6 Å². The summed E-state index contributed by atoms with van der Waals surface area (Å²) in [6.45, 7) is 1.20. The third-order valence-electron chi connectivity index (χ3n) is 4.13. The molecule has 1 fully saturated rings. The van der Waals surface area contributed by atoms with E-state index >= 15 is 0 Å². The lowest BCUT2D eigenvalue weighted by atomic mass is 10.1. The van der Waals surface area contributed by atoms with Crippen molar-refractivity contribution < 1.29 is 18.4 Å². The van der Waals surface area contributed by atoms with Gasteiger partial charge >= 0.3 is 0 Å². The van der Waals surface area contributed by atoms with Crippen LogP contribution >= 0.6 is 0 Å². The van der Waals surface area contributed by atoms with Gasteiger partial charge in [0.25, 0.3) is 17.4 Å². The number of amides is 2. The topological polar surface area (TPSA) is 86.4 Å². The van der Waals surface area contributed by atoms with Crippen LogP contribution in [0.1, 0.15) is 27.3 Å². The molecule has 1 aliphatic rings. The molecule has 26 heavy (non-hydrogen) atoms. The van der Waals surface area contributed by atoms with Gasteiger partial charge in [0.05, 0.1) is 5.56 Å². The zero-order valence-corrected chi connectivity index (χ0v) is 13.7. The van der Waals surface area contributed by atoms with Gasteiger partial charge in [-0.2, -0.15) is 5.10 Å². The maximum absolute atomic E-state index is 13.8. The first-order chi connectivity index (χ1) is 12.5. The van der Waals surface area contributed by atoms with Crippen LogP contribution in [-0.4, -0.2) is 58.0 Å². The van der Waals surface area contributed by atoms with E-state index in [1.165, 1.54) is 21.9 Å². The molecule has 2 heterocycles. The van der Waals surface area contributed by atoms with Crippen LogP contribution in [0.15, 0.2) is 35.1 Å². The Morgan fingerprint density at radius 2 is 1.65 bits per heavy atom. The van der Waals surface area contributed by atoms with Crippen LogP contribution in [0.3, 0.4) is 0 Å². The smallest absolute Gasteiger partial charge is 0.274 e. The average Bonchev–Trinajstić information content (AvgIpc) is 2.87. The number of hydrogen-bond acceptors (Lipinski definition) is 4. The SMILES string of the molecule is O=C(c1ccc(=O)[nH]n1)N1CCCN(C(=O)c2ccc(F)cc2F)CC1. The van der Waals surface area contributed by atoms with Crippen LogP contribution in [0.25, 0.3) is 0 Å². The van der Waals surface area contributed by atoms with Crippen molar-refractivity contribution in [3.8, 4) is 0 Å². The highest BCUT2D eigenvalue weighted by Crippen LogP contribution is 2.15. The van der Waals surface area contributed by atoms with Crippen LogP contribution in [0, 0.1) is 11.6 Å². The first-order valence-corrected chi connectivity index (χ1v) is 8.05. The molecule has 7 nitrogen and oxygen atoms in total. The second-order valence-corrected chi connectivity index (χ2v) is 5.87. The number of nitrogens with zero attached hydrogens (tertiary/aromatic N) is 3. The van der Waals surface area contributed by atoms with Crippen molar-refractivity contribution in [3.63, 3.8) is 0 Å². The molecule has 1 aromatic carbocycles. The highest BCUT2D eigenvalue weighted by Gasteiger charge is 2.25. The number of aromatic amines is 1. The van der Waals surface area contributed by atoms with Crippen molar-refractivity contribution in [2.24, 2.45) is 0 Å². The molecule has 1 N–H and O–H groups in total. The quantitative estimate of drug-likeness (QED) is 0.865. The van der Waals surface area contributed by atoms with Gasteiger partial charge in [-0.1, -0.05) is 0 Å². The van der Waals surface area contributed by atoms with E-state index in [1.54, 1.807) is 0 Å². The summed E-state index contributed by atoms with van der Waals surface area (Å²) in [5, 5.41) is 5.92. The molecular weight excluding hydrogens is 346 g/mol. The molecule has 3 rings (SSSR count). The van der Waals surface area contributed by atoms with Crippen LogP contribution in [0.5, 0.6) is 0 Å². The molecule has 1 saturated heterocycles. The fraction of sp³-hybridized carbons (Fsp3) is 0.294. The highest BCUT2D eigenvalue weighted by molar-refractivity contribution is 5.95. The molecule has 0 atom stereocenters. The molecule has 0 bridgehead atoms. The first-order valence-electron chi connectivity index (χ1n) is 8.05. The monoisotopic (exact) mass is 362 g/mol. The van der Waals surface area contributed by atoms with Gasteiger partial charge in [0.2, 0.25) is 0 Å². The molecule has 0 unspecified atom stereocenters. The summed E-state index contributed by atoms with van der Waals surface area (Å²) >= 11 is 0. The zero-order chi connectivity index (χ0) is 18.7. The number of hydrogen-bond donors (Lipinski definition) is 1. The highest BCUT2D eigenvalue weighted by atomic mass is 19.1. The third-order valence-corrected chi connectivity index (χ3v) is 4.13.